The highest BCUT2D eigenvalue weighted by atomic mass is 79.9. The van der Waals surface area contributed by atoms with Crippen LogP contribution in [-0.2, 0) is 0 Å². The van der Waals surface area contributed by atoms with E-state index in [9.17, 15) is 0 Å². The zero-order chi connectivity index (χ0) is 12.5. The van der Waals surface area contributed by atoms with Gasteiger partial charge in [0.2, 0.25) is 0 Å². The Morgan fingerprint density at radius 2 is 1.12 bits per heavy atom. The van der Waals surface area contributed by atoms with E-state index in [1.54, 1.807) is 0 Å². The quantitative estimate of drug-likeness (QED) is 0.230. The topological polar surface area (TPSA) is 0 Å². The van der Waals surface area contributed by atoms with Crippen LogP contribution in [0.5, 0.6) is 0 Å². The van der Waals surface area contributed by atoms with Crippen molar-refractivity contribution in [3.8, 4) is 0 Å². The Labute approximate surface area is 160 Å². The Kier molecular flexibility index (Phi) is 4.64. The third kappa shape index (κ3) is 1.99. The molecular formula is C8Br8. The van der Waals surface area contributed by atoms with Gasteiger partial charge in [-0.05, 0) is 15.9 Å². The fourth-order valence-corrected chi connectivity index (χ4v) is 7.45. The number of hydrogen-bond acceptors (Lipinski definition) is 0. The van der Waals surface area contributed by atoms with Crippen LogP contribution >= 0.6 is 127 Å². The summed E-state index contributed by atoms with van der Waals surface area (Å²) < 4.78 is 3.25. The highest BCUT2D eigenvalue weighted by Gasteiger charge is 2.53. The lowest BCUT2D eigenvalue weighted by Gasteiger charge is -2.20. The van der Waals surface area contributed by atoms with Crippen LogP contribution in [0.4, 0.5) is 0 Å². The van der Waals surface area contributed by atoms with Crippen LogP contribution in [0.15, 0.2) is 29.1 Å². The molecule has 0 spiro atoms. The van der Waals surface area contributed by atoms with Crippen LogP contribution in [0.25, 0.3) is 0 Å². The van der Waals surface area contributed by atoms with Crippen LogP contribution < -0.4 is 0 Å². The maximum Gasteiger partial charge on any atom is 0.144 e. The molecule has 0 radical (unpaired) electrons. The summed E-state index contributed by atoms with van der Waals surface area (Å²) in [7, 11) is 0. The predicted molar refractivity (Wildman–Crippen MR) is 98.0 cm³/mol. The third-order valence-electron chi connectivity index (χ3n) is 2.24. The van der Waals surface area contributed by atoms with E-state index in [4.69, 9.17) is 0 Å². The number of rotatable bonds is 0. The van der Waals surface area contributed by atoms with Gasteiger partial charge in [-0.3, -0.25) is 0 Å². The second-order valence-electron chi connectivity index (χ2n) is 3.15. The minimum absolute atomic E-state index is 0.399. The van der Waals surface area contributed by atoms with E-state index in [1.165, 1.54) is 0 Å². The summed E-state index contributed by atoms with van der Waals surface area (Å²) in [4.78, 5) is 0. The van der Waals surface area contributed by atoms with Gasteiger partial charge in [-0.25, -0.2) is 0 Å². The molecule has 0 aromatic carbocycles. The third-order valence-corrected chi connectivity index (χ3v) is 12.9. The highest BCUT2D eigenvalue weighted by molar-refractivity contribution is 9.28. The van der Waals surface area contributed by atoms with E-state index >= 15 is 0 Å². The van der Waals surface area contributed by atoms with Gasteiger partial charge in [0.25, 0.3) is 0 Å². The first-order valence-electron chi connectivity index (χ1n) is 3.76. The van der Waals surface area contributed by atoms with Crippen molar-refractivity contribution in [2.24, 2.45) is 0 Å². The Balaban J connectivity index is 2.82. The predicted octanol–water partition coefficient (Wildman–Crippen LogP) is 7.29. The molecule has 0 amide bonds. The zero-order valence-corrected chi connectivity index (χ0v) is 19.7. The molecule has 16 heavy (non-hydrogen) atoms. The van der Waals surface area contributed by atoms with Gasteiger partial charge >= 0.3 is 0 Å². The van der Waals surface area contributed by atoms with Crippen LogP contribution in [0.3, 0.4) is 0 Å². The summed E-state index contributed by atoms with van der Waals surface area (Å²) in [6, 6.07) is 0. The number of halogens is 8. The van der Waals surface area contributed by atoms with Crippen molar-refractivity contribution in [2.75, 3.05) is 0 Å². The van der Waals surface area contributed by atoms with Crippen LogP contribution in [-0.4, -0.2) is 6.47 Å². The minimum Gasteiger partial charge on any atom is -0.0614 e. The molecule has 0 N–H and O–H groups in total. The van der Waals surface area contributed by atoms with E-state index in [-0.39, 0.29) is 0 Å². The molecule has 0 saturated carbocycles. The normalized spacial score (nSPS) is 27.0. The van der Waals surface area contributed by atoms with Crippen molar-refractivity contribution in [2.45, 2.75) is 6.47 Å². The molecule has 0 aliphatic heterocycles. The smallest absolute Gasteiger partial charge is 0.0614 e. The molecule has 0 fully saturated rings. The summed E-state index contributed by atoms with van der Waals surface area (Å²) in [6.45, 7) is 0. The molecule has 0 atom stereocenters. The number of allylic oxidation sites excluding steroid dienone is 6. The van der Waals surface area contributed by atoms with Gasteiger partial charge in [0.15, 0.2) is 0 Å². The first-order valence-corrected chi connectivity index (χ1v) is 10.1. The molecule has 0 heterocycles. The lowest BCUT2D eigenvalue weighted by Crippen LogP contribution is -2.14. The highest BCUT2D eigenvalue weighted by Crippen LogP contribution is 2.68. The molecule has 2 aliphatic rings. The SMILES string of the molecule is BrC1=C(Br)C(Br)(Br)C2=C(Br)C(Br)(Br)C(Br)=C12. The van der Waals surface area contributed by atoms with Gasteiger partial charge in [-0.2, -0.15) is 0 Å². The summed E-state index contributed by atoms with van der Waals surface area (Å²) in [5.41, 5.74) is 2.23. The fraction of sp³-hybridized carbons (Fsp3) is 0.250. The summed E-state index contributed by atoms with van der Waals surface area (Å²) in [6.07, 6.45) is 0. The van der Waals surface area contributed by atoms with Crippen molar-refractivity contribution in [3.05, 3.63) is 29.1 Å². The second kappa shape index (κ2) is 4.81. The first-order chi connectivity index (χ1) is 7.13. The molecule has 0 unspecified atom stereocenters. The lowest BCUT2D eigenvalue weighted by atomic mass is 10.2. The van der Waals surface area contributed by atoms with Gasteiger partial charge in [0, 0.05) is 29.1 Å². The molecule has 0 saturated heterocycles. The molecular weight excluding hydrogens is 735 g/mol. The number of fused-ring (bicyclic) bond motifs is 1. The Bertz CT molecular complexity index is 478. The standard InChI is InChI=1S/C8Br8/c9-3-1-2(7(13,14)6(3)12)5(11)8(15,16)4(1)10. The van der Waals surface area contributed by atoms with Crippen molar-refractivity contribution in [1.82, 2.24) is 0 Å². The molecule has 0 aromatic rings. The zero-order valence-electron chi connectivity index (χ0n) is 7.02. The van der Waals surface area contributed by atoms with Crippen molar-refractivity contribution >= 4 is 127 Å². The van der Waals surface area contributed by atoms with E-state index in [1.807, 2.05) is 0 Å². The first kappa shape index (κ1) is 15.4. The summed E-state index contributed by atoms with van der Waals surface area (Å²) >= 11 is 29.0. The number of alkyl halides is 4. The molecule has 2 rings (SSSR count). The fourth-order valence-electron chi connectivity index (χ4n) is 1.49. The Morgan fingerprint density at radius 3 is 1.56 bits per heavy atom. The summed E-state index contributed by atoms with van der Waals surface area (Å²) in [5, 5.41) is 0. The van der Waals surface area contributed by atoms with Gasteiger partial charge in [-0.15, -0.1) is 0 Å². The van der Waals surface area contributed by atoms with Crippen molar-refractivity contribution in [1.29, 1.82) is 0 Å². The second-order valence-corrected chi connectivity index (χ2v) is 13.2. The van der Waals surface area contributed by atoms with E-state index < -0.39 is 6.47 Å². The Hall–Kier alpha value is 3.06. The monoisotopic (exact) mass is 727 g/mol. The van der Waals surface area contributed by atoms with Gasteiger partial charge in [0.05, 0.1) is 0 Å². The van der Waals surface area contributed by atoms with Crippen molar-refractivity contribution < 1.29 is 0 Å². The molecule has 0 bridgehead atoms. The Morgan fingerprint density at radius 1 is 0.625 bits per heavy atom. The van der Waals surface area contributed by atoms with Crippen LogP contribution in [0, 0.1) is 0 Å². The van der Waals surface area contributed by atoms with Crippen molar-refractivity contribution in [3.63, 3.8) is 0 Å². The average Bonchev–Trinajstić information content (AvgIpc) is 2.46. The molecule has 88 valence electrons. The average molecular weight is 735 g/mol. The molecule has 0 aromatic heterocycles. The maximum absolute atomic E-state index is 3.67. The maximum atomic E-state index is 3.67. The molecule has 8 heteroatoms. The largest absolute Gasteiger partial charge is 0.144 e. The number of hydrogen-bond donors (Lipinski definition) is 0. The summed E-state index contributed by atoms with van der Waals surface area (Å²) in [5.74, 6) is 0. The van der Waals surface area contributed by atoms with E-state index in [0.29, 0.717) is 0 Å². The van der Waals surface area contributed by atoms with Gasteiger partial charge < -0.3 is 0 Å². The van der Waals surface area contributed by atoms with E-state index in [0.717, 1.165) is 29.1 Å². The lowest BCUT2D eigenvalue weighted by molar-refractivity contribution is 1.27. The minimum atomic E-state index is -0.407. The van der Waals surface area contributed by atoms with E-state index in [2.05, 4.69) is 127 Å². The van der Waals surface area contributed by atoms with Gasteiger partial charge in [0.1, 0.15) is 6.47 Å². The molecule has 2 aliphatic carbocycles. The van der Waals surface area contributed by atoms with Crippen LogP contribution in [0.2, 0.25) is 0 Å². The van der Waals surface area contributed by atoms with Gasteiger partial charge in [-0.1, -0.05) is 112 Å². The van der Waals surface area contributed by atoms with Crippen LogP contribution in [0.1, 0.15) is 0 Å². The molecule has 0 nitrogen and oxygen atoms in total.